The summed E-state index contributed by atoms with van der Waals surface area (Å²) in [4.78, 5) is 2.98. The molecule has 0 radical (unpaired) electrons. The molecule has 0 N–H and O–H groups in total. The van der Waals surface area contributed by atoms with E-state index in [1.165, 1.54) is 47.6 Å². The third-order valence-electron chi connectivity index (χ3n) is 6.87. The average molecular weight is 481 g/mol. The van der Waals surface area contributed by atoms with E-state index >= 15 is 0 Å². The van der Waals surface area contributed by atoms with Crippen LogP contribution in [0.1, 0.15) is 50.2 Å². The van der Waals surface area contributed by atoms with Gasteiger partial charge in [-0.25, -0.2) is 0 Å². The Morgan fingerprint density at radius 2 is 1.60 bits per heavy atom. The normalized spacial score (nSPS) is 24.4. The van der Waals surface area contributed by atoms with Gasteiger partial charge in [0.2, 0.25) is 0 Å². The zero-order valence-corrected chi connectivity index (χ0v) is 21.0. The molecular formula is C25H31Cl2NS2. The molecule has 5 heteroatoms. The van der Waals surface area contributed by atoms with Crippen molar-refractivity contribution in [2.75, 3.05) is 30.3 Å². The maximum absolute atomic E-state index is 6.19. The number of halogens is 2. The van der Waals surface area contributed by atoms with Gasteiger partial charge < -0.3 is 0 Å². The first-order chi connectivity index (χ1) is 14.4. The molecule has 1 saturated carbocycles. The number of hydrogen-bond acceptors (Lipinski definition) is 3. The van der Waals surface area contributed by atoms with Crippen molar-refractivity contribution in [3.05, 3.63) is 69.7 Å². The molecule has 0 spiro atoms. The van der Waals surface area contributed by atoms with Gasteiger partial charge in [0.15, 0.2) is 0 Å². The number of rotatable bonds is 7. The van der Waals surface area contributed by atoms with Gasteiger partial charge in [0.05, 0.1) is 4.87 Å². The first kappa shape index (κ1) is 22.9. The summed E-state index contributed by atoms with van der Waals surface area (Å²) >= 11 is 16.6. The Morgan fingerprint density at radius 1 is 0.967 bits per heavy atom. The van der Waals surface area contributed by atoms with Crippen LogP contribution in [-0.4, -0.2) is 40.1 Å². The summed E-state index contributed by atoms with van der Waals surface area (Å²) in [6, 6.07) is 17.1. The fourth-order valence-corrected chi connectivity index (χ4v) is 7.88. The lowest BCUT2D eigenvalue weighted by Crippen LogP contribution is -2.56. The maximum atomic E-state index is 6.19. The SMILES string of the molecule is CC(CN(CC1(c2ccc(Cl)cc2)CCC1)C1(C)CSCCS1)c1ccc(Cl)cc1. The Kier molecular flexibility index (Phi) is 7.37. The van der Waals surface area contributed by atoms with Crippen LogP contribution in [0.25, 0.3) is 0 Å². The molecule has 0 aromatic heterocycles. The smallest absolute Gasteiger partial charge is 0.0733 e. The Labute approximate surface area is 200 Å². The van der Waals surface area contributed by atoms with Crippen LogP contribution in [0.15, 0.2) is 48.5 Å². The van der Waals surface area contributed by atoms with Crippen molar-refractivity contribution in [3.8, 4) is 0 Å². The number of thioether (sulfide) groups is 2. The summed E-state index contributed by atoms with van der Waals surface area (Å²) in [5.41, 5.74) is 3.09. The Bertz CT molecular complexity index is 827. The summed E-state index contributed by atoms with van der Waals surface area (Å²) in [5.74, 6) is 4.17. The predicted molar refractivity (Wildman–Crippen MR) is 137 cm³/mol. The molecule has 4 rings (SSSR count). The molecule has 2 atom stereocenters. The molecule has 162 valence electrons. The van der Waals surface area contributed by atoms with Crippen LogP contribution in [-0.2, 0) is 5.41 Å². The topological polar surface area (TPSA) is 3.24 Å². The Morgan fingerprint density at radius 3 is 2.13 bits per heavy atom. The van der Waals surface area contributed by atoms with E-state index in [1.807, 2.05) is 12.1 Å². The third-order valence-corrected chi connectivity index (χ3v) is 10.5. The molecule has 2 aliphatic rings. The molecule has 2 aromatic carbocycles. The van der Waals surface area contributed by atoms with Crippen molar-refractivity contribution in [1.82, 2.24) is 4.90 Å². The molecule has 1 heterocycles. The van der Waals surface area contributed by atoms with Crippen LogP contribution in [0.3, 0.4) is 0 Å². The molecule has 2 unspecified atom stereocenters. The van der Waals surface area contributed by atoms with Crippen molar-refractivity contribution in [2.45, 2.75) is 49.3 Å². The molecular weight excluding hydrogens is 449 g/mol. The van der Waals surface area contributed by atoms with Gasteiger partial charge >= 0.3 is 0 Å². The second-order valence-corrected chi connectivity index (χ2v) is 12.6. The van der Waals surface area contributed by atoms with Crippen LogP contribution >= 0.6 is 46.7 Å². The predicted octanol–water partition coefficient (Wildman–Crippen LogP) is 7.72. The van der Waals surface area contributed by atoms with Crippen molar-refractivity contribution in [1.29, 1.82) is 0 Å². The molecule has 2 fully saturated rings. The minimum Gasteiger partial charge on any atom is -0.287 e. The zero-order chi connectivity index (χ0) is 21.2. The highest BCUT2D eigenvalue weighted by Gasteiger charge is 2.45. The molecule has 0 amide bonds. The average Bonchev–Trinajstić information content (AvgIpc) is 2.71. The third kappa shape index (κ3) is 5.02. The molecule has 30 heavy (non-hydrogen) atoms. The molecule has 1 saturated heterocycles. The first-order valence-corrected chi connectivity index (χ1v) is 13.8. The summed E-state index contributed by atoms with van der Waals surface area (Å²) < 4.78 is 0. The molecule has 2 aromatic rings. The second kappa shape index (κ2) is 9.67. The van der Waals surface area contributed by atoms with Gasteiger partial charge in [0.1, 0.15) is 0 Å². The van der Waals surface area contributed by atoms with Gasteiger partial charge in [-0.2, -0.15) is 11.8 Å². The standard InChI is InChI=1S/C25H31Cl2NS2/c1-19(20-4-8-22(26)9-5-20)16-28(24(2)18-29-14-15-30-24)17-25(12-3-13-25)21-6-10-23(27)11-7-21/h4-11,19H,3,12-18H2,1-2H3. The van der Waals surface area contributed by atoms with Crippen molar-refractivity contribution < 1.29 is 0 Å². The van der Waals surface area contributed by atoms with E-state index in [4.69, 9.17) is 23.2 Å². The lowest BCUT2D eigenvalue weighted by Gasteiger charge is -2.52. The van der Waals surface area contributed by atoms with Crippen molar-refractivity contribution in [3.63, 3.8) is 0 Å². The quantitative estimate of drug-likeness (QED) is 0.399. The van der Waals surface area contributed by atoms with Crippen molar-refractivity contribution in [2.24, 2.45) is 0 Å². The van der Waals surface area contributed by atoms with Gasteiger partial charge in [-0.15, -0.1) is 11.8 Å². The van der Waals surface area contributed by atoms with Gasteiger partial charge in [-0.1, -0.05) is 60.8 Å². The van der Waals surface area contributed by atoms with E-state index in [-0.39, 0.29) is 10.3 Å². The Balaban J connectivity index is 1.59. The number of benzene rings is 2. The van der Waals surface area contributed by atoms with Crippen molar-refractivity contribution >= 4 is 46.7 Å². The van der Waals surface area contributed by atoms with E-state index < -0.39 is 0 Å². The van der Waals surface area contributed by atoms with Crippen LogP contribution < -0.4 is 0 Å². The van der Waals surface area contributed by atoms with Gasteiger partial charge in [-0.05, 0) is 61.1 Å². The van der Waals surface area contributed by atoms with Gasteiger partial charge in [0.25, 0.3) is 0 Å². The van der Waals surface area contributed by atoms with Crippen LogP contribution in [0.4, 0.5) is 0 Å². The second-order valence-electron chi connectivity index (χ2n) is 9.05. The van der Waals surface area contributed by atoms with E-state index in [0.717, 1.165) is 23.1 Å². The van der Waals surface area contributed by atoms with Crippen LogP contribution in [0, 0.1) is 0 Å². The molecule has 0 bridgehead atoms. The fraction of sp³-hybridized carbons (Fsp3) is 0.520. The van der Waals surface area contributed by atoms with E-state index in [2.05, 4.69) is 78.7 Å². The first-order valence-electron chi connectivity index (χ1n) is 10.9. The number of nitrogens with zero attached hydrogens (tertiary/aromatic N) is 1. The van der Waals surface area contributed by atoms with E-state index in [9.17, 15) is 0 Å². The zero-order valence-electron chi connectivity index (χ0n) is 17.9. The molecule has 1 aliphatic heterocycles. The largest absolute Gasteiger partial charge is 0.287 e. The van der Waals surface area contributed by atoms with Crippen LogP contribution in [0.2, 0.25) is 10.0 Å². The molecule has 1 aliphatic carbocycles. The van der Waals surface area contributed by atoms with E-state index in [0.29, 0.717) is 5.92 Å². The minimum absolute atomic E-state index is 0.179. The highest BCUT2D eigenvalue weighted by molar-refractivity contribution is 8.07. The highest BCUT2D eigenvalue weighted by Crippen LogP contribution is 2.48. The van der Waals surface area contributed by atoms with Gasteiger partial charge in [-0.3, -0.25) is 4.90 Å². The number of hydrogen-bond donors (Lipinski definition) is 0. The van der Waals surface area contributed by atoms with Crippen LogP contribution in [0.5, 0.6) is 0 Å². The summed E-state index contributed by atoms with van der Waals surface area (Å²) in [7, 11) is 0. The maximum Gasteiger partial charge on any atom is 0.0733 e. The monoisotopic (exact) mass is 479 g/mol. The molecule has 1 nitrogen and oxygen atoms in total. The Hall–Kier alpha value is -0.320. The fourth-order valence-electron chi connectivity index (χ4n) is 4.77. The lowest BCUT2D eigenvalue weighted by molar-refractivity contribution is 0.0989. The lowest BCUT2D eigenvalue weighted by atomic mass is 9.64. The summed E-state index contributed by atoms with van der Waals surface area (Å²) in [5, 5.41) is 1.64. The summed E-state index contributed by atoms with van der Waals surface area (Å²) in [6.45, 7) is 7.01. The highest BCUT2D eigenvalue weighted by atomic mass is 35.5. The van der Waals surface area contributed by atoms with E-state index in [1.54, 1.807) is 0 Å². The minimum atomic E-state index is 0.179. The summed E-state index contributed by atoms with van der Waals surface area (Å²) in [6.07, 6.45) is 3.87. The van der Waals surface area contributed by atoms with Gasteiger partial charge in [0, 0.05) is 45.8 Å².